The van der Waals surface area contributed by atoms with Gasteiger partial charge in [-0.3, -0.25) is 19.0 Å². The van der Waals surface area contributed by atoms with Crippen molar-refractivity contribution in [2.24, 2.45) is 5.92 Å². The highest BCUT2D eigenvalue weighted by Gasteiger charge is 2.27. The second kappa shape index (κ2) is 9.65. The minimum absolute atomic E-state index is 0.0232. The third kappa shape index (κ3) is 5.36. The Kier molecular flexibility index (Phi) is 6.68. The fourth-order valence-corrected chi connectivity index (χ4v) is 4.76. The molecular weight excluding hydrogens is 447 g/mol. The Bertz CT molecular complexity index is 1230. The van der Waals surface area contributed by atoms with Gasteiger partial charge in [0.2, 0.25) is 11.8 Å². The molecule has 1 saturated heterocycles. The molecule has 11 heteroatoms. The van der Waals surface area contributed by atoms with Crippen LogP contribution >= 0.6 is 11.3 Å². The maximum atomic E-state index is 13.3. The molecule has 33 heavy (non-hydrogen) atoms. The zero-order valence-electron chi connectivity index (χ0n) is 18.4. The van der Waals surface area contributed by atoms with E-state index in [2.05, 4.69) is 25.5 Å². The Hall–Kier alpha value is -3.34. The number of carbonyl (C=O) groups excluding carboxylic acids is 2. The first-order chi connectivity index (χ1) is 15.8. The van der Waals surface area contributed by atoms with Crippen LogP contribution in [0.2, 0.25) is 0 Å². The first-order valence-corrected chi connectivity index (χ1v) is 11.6. The van der Waals surface area contributed by atoms with E-state index in [-0.39, 0.29) is 30.0 Å². The van der Waals surface area contributed by atoms with Gasteiger partial charge < -0.3 is 15.5 Å². The summed E-state index contributed by atoms with van der Waals surface area (Å²) in [6, 6.07) is 5.65. The van der Waals surface area contributed by atoms with Crippen LogP contribution in [0.4, 0.5) is 15.2 Å². The van der Waals surface area contributed by atoms with E-state index in [4.69, 9.17) is 0 Å². The zero-order valence-corrected chi connectivity index (χ0v) is 19.2. The first kappa shape index (κ1) is 22.8. The van der Waals surface area contributed by atoms with Gasteiger partial charge >= 0.3 is 0 Å². The molecule has 0 saturated carbocycles. The first-order valence-electron chi connectivity index (χ1n) is 10.8. The second-order valence-electron chi connectivity index (χ2n) is 8.31. The quantitative estimate of drug-likeness (QED) is 0.570. The fourth-order valence-electron chi connectivity index (χ4n) is 3.74. The molecule has 1 aliphatic heterocycles. The lowest BCUT2D eigenvalue weighted by molar-refractivity contribution is -0.126. The summed E-state index contributed by atoms with van der Waals surface area (Å²) in [4.78, 5) is 48.2. The average Bonchev–Trinajstić information content (AvgIpc) is 3.21. The summed E-state index contributed by atoms with van der Waals surface area (Å²) >= 11 is 1.24. The Morgan fingerprint density at radius 2 is 2.03 bits per heavy atom. The lowest BCUT2D eigenvalue weighted by Crippen LogP contribution is -2.42. The number of piperidine rings is 1. The highest BCUT2D eigenvalue weighted by molar-refractivity contribution is 7.22. The summed E-state index contributed by atoms with van der Waals surface area (Å²) in [5, 5.41) is 6.21. The van der Waals surface area contributed by atoms with E-state index in [1.807, 2.05) is 13.8 Å². The topological polar surface area (TPSA) is 109 Å². The molecule has 1 aliphatic rings. The smallest absolute Gasteiger partial charge is 0.273 e. The van der Waals surface area contributed by atoms with E-state index in [0.29, 0.717) is 47.1 Å². The van der Waals surface area contributed by atoms with Crippen molar-refractivity contribution < 1.29 is 14.0 Å². The summed E-state index contributed by atoms with van der Waals surface area (Å²) in [5.41, 5.74) is 0.290. The van der Waals surface area contributed by atoms with Crippen LogP contribution in [0, 0.1) is 11.7 Å². The van der Waals surface area contributed by atoms with Crippen LogP contribution < -0.4 is 21.1 Å². The number of hydrogen-bond donors (Lipinski definition) is 2. The van der Waals surface area contributed by atoms with Crippen LogP contribution in [0.15, 0.2) is 35.4 Å². The van der Waals surface area contributed by atoms with Crippen LogP contribution in [0.3, 0.4) is 0 Å². The van der Waals surface area contributed by atoms with Gasteiger partial charge in [0.1, 0.15) is 23.4 Å². The highest BCUT2D eigenvalue weighted by atomic mass is 32.1. The van der Waals surface area contributed by atoms with Crippen LogP contribution in [0.25, 0.3) is 10.3 Å². The van der Waals surface area contributed by atoms with Gasteiger partial charge in [0.25, 0.3) is 5.56 Å². The van der Waals surface area contributed by atoms with Gasteiger partial charge in [-0.15, -0.1) is 0 Å². The number of benzene rings is 1. The SMILES string of the molecule is CC(C)NC(=O)C1CCN(c2nc3ncn(CC(=O)Nc4cccc(F)c4)c(=O)c3s2)CC1. The standard InChI is InChI=1S/C22H25FN6O3S/c1-13(2)25-20(31)14-6-8-28(9-7-14)22-27-19-18(33-22)21(32)29(12-24-19)11-17(30)26-16-5-3-4-15(23)10-16/h3-5,10,12-14H,6-9,11H2,1-2H3,(H,25,31)(H,26,30). The summed E-state index contributed by atoms with van der Waals surface area (Å²) in [5.74, 6) is -0.870. The number of halogens is 1. The van der Waals surface area contributed by atoms with Crippen molar-refractivity contribution in [1.29, 1.82) is 0 Å². The molecule has 0 spiro atoms. The molecule has 4 rings (SSSR count). The van der Waals surface area contributed by atoms with E-state index < -0.39 is 11.7 Å². The van der Waals surface area contributed by atoms with Gasteiger partial charge in [-0.1, -0.05) is 17.4 Å². The van der Waals surface area contributed by atoms with Gasteiger partial charge in [0, 0.05) is 30.7 Å². The number of aromatic nitrogens is 3. The van der Waals surface area contributed by atoms with Crippen molar-refractivity contribution in [3.8, 4) is 0 Å². The van der Waals surface area contributed by atoms with Gasteiger partial charge in [-0.2, -0.15) is 4.98 Å². The molecule has 3 aromatic rings. The van der Waals surface area contributed by atoms with Gasteiger partial charge in [-0.05, 0) is 44.9 Å². The maximum Gasteiger partial charge on any atom is 0.273 e. The highest BCUT2D eigenvalue weighted by Crippen LogP contribution is 2.29. The predicted molar refractivity (Wildman–Crippen MR) is 125 cm³/mol. The molecule has 0 radical (unpaired) electrons. The number of anilines is 2. The van der Waals surface area contributed by atoms with Gasteiger partial charge in [-0.25, -0.2) is 9.37 Å². The number of rotatable bonds is 6. The molecule has 0 atom stereocenters. The Balaban J connectivity index is 1.44. The summed E-state index contributed by atoms with van der Waals surface area (Å²) in [6.45, 7) is 4.97. The molecule has 1 fully saturated rings. The van der Waals surface area contributed by atoms with E-state index in [1.54, 1.807) is 6.07 Å². The number of nitrogens with zero attached hydrogens (tertiary/aromatic N) is 4. The van der Waals surface area contributed by atoms with Gasteiger partial charge in [0.05, 0.1) is 0 Å². The minimum atomic E-state index is -0.463. The maximum absolute atomic E-state index is 13.3. The van der Waals surface area contributed by atoms with Crippen molar-refractivity contribution in [3.63, 3.8) is 0 Å². The lowest BCUT2D eigenvalue weighted by Gasteiger charge is -2.31. The number of fused-ring (bicyclic) bond motifs is 1. The summed E-state index contributed by atoms with van der Waals surface area (Å²) in [6.07, 6.45) is 2.72. The van der Waals surface area contributed by atoms with Gasteiger partial charge in [0.15, 0.2) is 10.8 Å². The molecule has 3 heterocycles. The third-order valence-corrected chi connectivity index (χ3v) is 6.46. The molecule has 0 unspecified atom stereocenters. The Morgan fingerprint density at radius 1 is 1.27 bits per heavy atom. The normalized spacial score (nSPS) is 14.6. The number of hydrogen-bond acceptors (Lipinski definition) is 7. The lowest BCUT2D eigenvalue weighted by atomic mass is 9.96. The number of nitrogens with one attached hydrogen (secondary N) is 2. The van der Waals surface area contributed by atoms with Crippen LogP contribution in [-0.2, 0) is 16.1 Å². The molecule has 2 amide bonds. The molecule has 9 nitrogen and oxygen atoms in total. The van der Waals surface area contributed by atoms with Crippen molar-refractivity contribution in [3.05, 3.63) is 46.8 Å². The van der Waals surface area contributed by atoms with E-state index in [9.17, 15) is 18.8 Å². The number of thiazole rings is 1. The van der Waals surface area contributed by atoms with Crippen molar-refractivity contribution in [1.82, 2.24) is 19.9 Å². The average molecular weight is 473 g/mol. The number of amides is 2. The van der Waals surface area contributed by atoms with Crippen molar-refractivity contribution in [2.75, 3.05) is 23.3 Å². The molecule has 0 bridgehead atoms. The second-order valence-corrected chi connectivity index (χ2v) is 9.29. The van der Waals surface area contributed by atoms with Crippen molar-refractivity contribution >= 4 is 44.3 Å². The monoisotopic (exact) mass is 472 g/mol. The molecular formula is C22H25FN6O3S. The van der Waals surface area contributed by atoms with Crippen molar-refractivity contribution in [2.45, 2.75) is 39.3 Å². The predicted octanol–water partition coefficient (Wildman–Crippen LogP) is 2.37. The number of carbonyl (C=O) groups is 2. The molecule has 2 aromatic heterocycles. The zero-order chi connectivity index (χ0) is 23.5. The molecule has 0 aliphatic carbocycles. The third-order valence-electron chi connectivity index (χ3n) is 5.36. The Morgan fingerprint density at radius 3 is 2.73 bits per heavy atom. The molecule has 1 aromatic carbocycles. The summed E-state index contributed by atoms with van der Waals surface area (Å²) < 4.78 is 14.9. The van der Waals surface area contributed by atoms with Crippen LogP contribution in [0.5, 0.6) is 0 Å². The van der Waals surface area contributed by atoms with E-state index >= 15 is 0 Å². The van der Waals surface area contributed by atoms with E-state index in [0.717, 1.165) is 0 Å². The Labute approximate surface area is 193 Å². The van der Waals surface area contributed by atoms with Crippen LogP contribution in [0.1, 0.15) is 26.7 Å². The molecule has 174 valence electrons. The largest absolute Gasteiger partial charge is 0.354 e. The van der Waals surface area contributed by atoms with Crippen LogP contribution in [-0.4, -0.2) is 45.5 Å². The molecule has 2 N–H and O–H groups in total. The fraction of sp³-hybridized carbons (Fsp3) is 0.409. The minimum Gasteiger partial charge on any atom is -0.354 e. The van der Waals surface area contributed by atoms with E-state index in [1.165, 1.54) is 40.4 Å². The summed E-state index contributed by atoms with van der Waals surface area (Å²) in [7, 11) is 0.